The summed E-state index contributed by atoms with van der Waals surface area (Å²) >= 11 is 13.6. The maximum atomic E-state index is 6.19. The molecule has 3 aromatic heterocycles. The van der Waals surface area contributed by atoms with Crippen molar-refractivity contribution in [3.05, 3.63) is 64.3 Å². The molecule has 126 valence electrons. The molecule has 25 heavy (non-hydrogen) atoms. The quantitative estimate of drug-likeness (QED) is 0.379. The van der Waals surface area contributed by atoms with Gasteiger partial charge < -0.3 is 4.42 Å². The SMILES string of the molecule is Clc1ccc(CSc2nnc3n(/N=C\c4ccco4)cnn23)c(Cl)c1. The summed E-state index contributed by atoms with van der Waals surface area (Å²) in [5.74, 6) is 1.77. The molecule has 4 rings (SSSR count). The van der Waals surface area contributed by atoms with E-state index in [2.05, 4.69) is 20.4 Å². The topological polar surface area (TPSA) is 73.5 Å². The van der Waals surface area contributed by atoms with Crippen molar-refractivity contribution in [3.63, 3.8) is 0 Å². The van der Waals surface area contributed by atoms with Crippen LogP contribution in [0.3, 0.4) is 0 Å². The summed E-state index contributed by atoms with van der Waals surface area (Å²) in [6.07, 6.45) is 4.72. The maximum Gasteiger partial charge on any atom is 0.275 e. The summed E-state index contributed by atoms with van der Waals surface area (Å²) in [7, 11) is 0. The minimum atomic E-state index is 0.507. The highest BCUT2D eigenvalue weighted by atomic mass is 35.5. The molecular formula is C15H10Cl2N6OS. The number of hydrogen-bond donors (Lipinski definition) is 0. The van der Waals surface area contributed by atoms with Gasteiger partial charge in [-0.2, -0.15) is 19.4 Å². The molecule has 0 amide bonds. The van der Waals surface area contributed by atoms with Crippen LogP contribution in [-0.2, 0) is 5.75 Å². The number of fused-ring (bicyclic) bond motifs is 1. The lowest BCUT2D eigenvalue weighted by atomic mass is 10.2. The van der Waals surface area contributed by atoms with Crippen LogP contribution in [0.2, 0.25) is 10.0 Å². The van der Waals surface area contributed by atoms with Gasteiger partial charge in [0.25, 0.3) is 5.78 Å². The zero-order valence-electron chi connectivity index (χ0n) is 12.6. The number of halogens is 2. The number of rotatable bonds is 5. The molecule has 0 saturated carbocycles. The van der Waals surface area contributed by atoms with Gasteiger partial charge in [-0.1, -0.05) is 41.0 Å². The monoisotopic (exact) mass is 392 g/mol. The Balaban J connectivity index is 1.53. The number of nitrogens with zero attached hydrogens (tertiary/aromatic N) is 6. The van der Waals surface area contributed by atoms with Crippen LogP contribution in [-0.4, -0.2) is 30.7 Å². The van der Waals surface area contributed by atoms with E-state index in [1.807, 2.05) is 6.07 Å². The van der Waals surface area contributed by atoms with Gasteiger partial charge in [0.2, 0.25) is 5.16 Å². The molecule has 10 heteroatoms. The largest absolute Gasteiger partial charge is 0.463 e. The molecule has 7 nitrogen and oxygen atoms in total. The molecule has 0 spiro atoms. The van der Waals surface area contributed by atoms with Gasteiger partial charge in [0.1, 0.15) is 12.1 Å². The zero-order valence-corrected chi connectivity index (χ0v) is 14.9. The van der Waals surface area contributed by atoms with Gasteiger partial charge >= 0.3 is 0 Å². The number of hydrogen-bond acceptors (Lipinski definition) is 6. The third-order valence-corrected chi connectivity index (χ3v) is 4.86. The number of thioether (sulfide) groups is 1. The van der Waals surface area contributed by atoms with Gasteiger partial charge in [-0.25, -0.2) is 0 Å². The number of aromatic nitrogens is 5. The van der Waals surface area contributed by atoms with Crippen LogP contribution in [0, 0.1) is 0 Å². The van der Waals surface area contributed by atoms with Gasteiger partial charge in [0.15, 0.2) is 0 Å². The maximum absolute atomic E-state index is 6.19. The van der Waals surface area contributed by atoms with Crippen LogP contribution in [0.4, 0.5) is 0 Å². The smallest absolute Gasteiger partial charge is 0.275 e. The first-order chi connectivity index (χ1) is 12.2. The zero-order chi connectivity index (χ0) is 17.2. The molecule has 0 unspecified atom stereocenters. The van der Waals surface area contributed by atoms with Crippen molar-refractivity contribution < 1.29 is 4.42 Å². The fraction of sp³-hybridized carbons (Fsp3) is 0.0667. The molecule has 1 aromatic carbocycles. The van der Waals surface area contributed by atoms with Crippen molar-refractivity contribution in [1.82, 2.24) is 24.5 Å². The second kappa shape index (κ2) is 6.91. The molecule has 0 aliphatic carbocycles. The predicted octanol–water partition coefficient (Wildman–Crippen LogP) is 4.00. The molecule has 0 aliphatic rings. The lowest BCUT2D eigenvalue weighted by molar-refractivity contribution is 0.559. The summed E-state index contributed by atoms with van der Waals surface area (Å²) in [5.41, 5.74) is 0.961. The Kier molecular flexibility index (Phi) is 4.48. The molecule has 0 N–H and O–H groups in total. The van der Waals surface area contributed by atoms with E-state index in [1.54, 1.807) is 47.6 Å². The molecule has 0 saturated heterocycles. The molecule has 4 aromatic rings. The van der Waals surface area contributed by atoms with Crippen LogP contribution < -0.4 is 0 Å². The van der Waals surface area contributed by atoms with Crippen LogP contribution in [0.15, 0.2) is 57.6 Å². The van der Waals surface area contributed by atoms with E-state index in [0.717, 1.165) is 5.56 Å². The predicted molar refractivity (Wildman–Crippen MR) is 96.5 cm³/mol. The second-order valence-electron chi connectivity index (χ2n) is 4.95. The standard InChI is InChI=1S/C15H10Cl2N6OS/c16-11-4-3-10(13(17)6-11)8-25-15-21-20-14-22(9-19-23(14)15)18-7-12-2-1-5-24-12/h1-7,9H,8H2/b18-7-. The van der Waals surface area contributed by atoms with Crippen LogP contribution >= 0.6 is 35.0 Å². The summed E-state index contributed by atoms with van der Waals surface area (Å²) in [5, 5.41) is 18.7. The Labute approximate surface area is 156 Å². The first-order valence-electron chi connectivity index (χ1n) is 7.14. The summed E-state index contributed by atoms with van der Waals surface area (Å²) < 4.78 is 8.35. The summed E-state index contributed by atoms with van der Waals surface area (Å²) in [4.78, 5) is 0. The van der Waals surface area contributed by atoms with E-state index in [4.69, 9.17) is 27.6 Å². The van der Waals surface area contributed by atoms with Crippen LogP contribution in [0.25, 0.3) is 5.78 Å². The fourth-order valence-corrected chi connectivity index (χ4v) is 3.53. The van der Waals surface area contributed by atoms with Gasteiger partial charge in [0, 0.05) is 15.8 Å². The average Bonchev–Trinajstić information content (AvgIpc) is 3.31. The summed E-state index contributed by atoms with van der Waals surface area (Å²) in [6.45, 7) is 0. The Bertz CT molecular complexity index is 1040. The Morgan fingerprint density at radius 3 is 2.96 bits per heavy atom. The van der Waals surface area contributed by atoms with Crippen LogP contribution in [0.1, 0.15) is 11.3 Å². The van der Waals surface area contributed by atoms with E-state index < -0.39 is 0 Å². The number of benzene rings is 1. The summed E-state index contributed by atoms with van der Waals surface area (Å²) in [6, 6.07) is 9.01. The molecular weight excluding hydrogens is 383 g/mol. The van der Waals surface area contributed by atoms with E-state index in [1.165, 1.54) is 16.4 Å². The highest BCUT2D eigenvalue weighted by molar-refractivity contribution is 7.98. The normalized spacial score (nSPS) is 11.8. The minimum absolute atomic E-state index is 0.507. The van der Waals surface area contributed by atoms with Crippen molar-refractivity contribution in [3.8, 4) is 0 Å². The van der Waals surface area contributed by atoms with Crippen LogP contribution in [0.5, 0.6) is 0 Å². The molecule has 0 radical (unpaired) electrons. The fourth-order valence-electron chi connectivity index (χ4n) is 2.09. The highest BCUT2D eigenvalue weighted by Crippen LogP contribution is 2.27. The van der Waals surface area contributed by atoms with Gasteiger partial charge in [-0.3, -0.25) is 0 Å². The molecule has 0 fully saturated rings. The van der Waals surface area contributed by atoms with Gasteiger partial charge in [-0.15, -0.1) is 10.2 Å². The first kappa shape index (κ1) is 16.2. The van der Waals surface area contributed by atoms with E-state index >= 15 is 0 Å². The van der Waals surface area contributed by atoms with E-state index in [9.17, 15) is 0 Å². The lowest BCUT2D eigenvalue weighted by Gasteiger charge is -2.02. The molecule has 0 bridgehead atoms. The van der Waals surface area contributed by atoms with Crippen molar-refractivity contribution >= 4 is 47.0 Å². The van der Waals surface area contributed by atoms with Crippen molar-refractivity contribution in [2.75, 3.05) is 0 Å². The van der Waals surface area contributed by atoms with Crippen molar-refractivity contribution in [1.29, 1.82) is 0 Å². The molecule has 0 aliphatic heterocycles. The Morgan fingerprint density at radius 1 is 1.24 bits per heavy atom. The third-order valence-electron chi connectivity index (χ3n) is 3.30. The van der Waals surface area contributed by atoms with Crippen molar-refractivity contribution in [2.45, 2.75) is 10.9 Å². The first-order valence-corrected chi connectivity index (χ1v) is 8.88. The number of furan rings is 1. The Morgan fingerprint density at radius 2 is 2.16 bits per heavy atom. The van der Waals surface area contributed by atoms with E-state index in [0.29, 0.717) is 32.5 Å². The Hall–Kier alpha value is -2.29. The third kappa shape index (κ3) is 3.41. The average molecular weight is 393 g/mol. The highest BCUT2D eigenvalue weighted by Gasteiger charge is 2.12. The second-order valence-corrected chi connectivity index (χ2v) is 6.74. The minimum Gasteiger partial charge on any atom is -0.463 e. The van der Waals surface area contributed by atoms with Gasteiger partial charge in [0.05, 0.1) is 12.5 Å². The van der Waals surface area contributed by atoms with E-state index in [-0.39, 0.29) is 0 Å². The molecule has 3 heterocycles. The molecule has 0 atom stereocenters. The lowest BCUT2D eigenvalue weighted by Crippen LogP contribution is -1.90. The van der Waals surface area contributed by atoms with Gasteiger partial charge in [-0.05, 0) is 29.8 Å². The van der Waals surface area contributed by atoms with Crippen molar-refractivity contribution in [2.24, 2.45) is 5.10 Å².